The zero-order chi connectivity index (χ0) is 13.9. The Hall–Kier alpha value is -1.16. The number of benzene rings is 1. The molecule has 0 amide bonds. The fraction of sp³-hybridized carbons (Fsp3) is 0.500. The van der Waals surface area contributed by atoms with Crippen molar-refractivity contribution in [3.05, 3.63) is 48.0 Å². The molecule has 3 nitrogen and oxygen atoms in total. The highest BCUT2D eigenvalue weighted by atomic mass is 16.6. The zero-order valence-corrected chi connectivity index (χ0v) is 11.8. The molecule has 1 aromatic rings. The summed E-state index contributed by atoms with van der Waals surface area (Å²) >= 11 is 0. The lowest BCUT2D eigenvalue weighted by atomic mass is 10.0. The topological polar surface area (TPSA) is 38.7 Å². The first kappa shape index (κ1) is 14.3. The van der Waals surface area contributed by atoms with Crippen molar-refractivity contribution in [3.8, 4) is 0 Å². The summed E-state index contributed by atoms with van der Waals surface area (Å²) in [6.45, 7) is 6.52. The molecule has 19 heavy (non-hydrogen) atoms. The second kappa shape index (κ2) is 5.45. The van der Waals surface area contributed by atoms with Crippen molar-refractivity contribution in [1.82, 2.24) is 0 Å². The first-order chi connectivity index (χ1) is 8.89. The SMILES string of the molecule is CC(C)(O)[C@H]1C=C[C@@](C)(COCc2ccccc2)O1. The van der Waals surface area contributed by atoms with Gasteiger partial charge in [0.15, 0.2) is 0 Å². The van der Waals surface area contributed by atoms with Crippen molar-refractivity contribution in [3.63, 3.8) is 0 Å². The molecule has 2 rings (SSSR count). The van der Waals surface area contributed by atoms with Crippen LogP contribution >= 0.6 is 0 Å². The highest BCUT2D eigenvalue weighted by Crippen LogP contribution is 2.29. The maximum absolute atomic E-state index is 9.94. The number of aliphatic hydroxyl groups is 1. The minimum absolute atomic E-state index is 0.280. The zero-order valence-electron chi connectivity index (χ0n) is 11.8. The van der Waals surface area contributed by atoms with Gasteiger partial charge in [-0.05, 0) is 26.3 Å². The Labute approximate surface area is 114 Å². The van der Waals surface area contributed by atoms with E-state index in [-0.39, 0.29) is 6.10 Å². The van der Waals surface area contributed by atoms with E-state index in [0.717, 1.165) is 5.56 Å². The third-order valence-electron chi connectivity index (χ3n) is 3.22. The molecule has 0 spiro atoms. The van der Waals surface area contributed by atoms with E-state index in [0.29, 0.717) is 13.2 Å². The molecule has 3 heteroatoms. The van der Waals surface area contributed by atoms with Crippen LogP contribution < -0.4 is 0 Å². The maximum Gasteiger partial charge on any atom is 0.108 e. The molecule has 0 aliphatic carbocycles. The van der Waals surface area contributed by atoms with Crippen LogP contribution in [0, 0.1) is 0 Å². The smallest absolute Gasteiger partial charge is 0.108 e. The van der Waals surface area contributed by atoms with Crippen LogP contribution in [0.2, 0.25) is 0 Å². The highest BCUT2D eigenvalue weighted by Gasteiger charge is 2.38. The minimum atomic E-state index is -0.867. The van der Waals surface area contributed by atoms with Gasteiger partial charge in [-0.15, -0.1) is 0 Å². The highest BCUT2D eigenvalue weighted by molar-refractivity contribution is 5.15. The summed E-state index contributed by atoms with van der Waals surface area (Å²) in [7, 11) is 0. The predicted octanol–water partition coefficient (Wildman–Crippen LogP) is 2.69. The van der Waals surface area contributed by atoms with Crippen LogP contribution in [0.15, 0.2) is 42.5 Å². The van der Waals surface area contributed by atoms with Gasteiger partial charge in [0.25, 0.3) is 0 Å². The van der Waals surface area contributed by atoms with Gasteiger partial charge in [0, 0.05) is 0 Å². The summed E-state index contributed by atoms with van der Waals surface area (Å²) in [4.78, 5) is 0. The fourth-order valence-electron chi connectivity index (χ4n) is 2.07. The van der Waals surface area contributed by atoms with Gasteiger partial charge in [-0.2, -0.15) is 0 Å². The van der Waals surface area contributed by atoms with Gasteiger partial charge in [0.05, 0.1) is 18.8 Å². The van der Waals surface area contributed by atoms with Gasteiger partial charge >= 0.3 is 0 Å². The minimum Gasteiger partial charge on any atom is -0.387 e. The van der Waals surface area contributed by atoms with E-state index in [4.69, 9.17) is 9.47 Å². The average Bonchev–Trinajstić information content (AvgIpc) is 2.73. The van der Waals surface area contributed by atoms with E-state index < -0.39 is 11.2 Å². The lowest BCUT2D eigenvalue weighted by Crippen LogP contribution is -2.40. The number of rotatable bonds is 5. The van der Waals surface area contributed by atoms with Gasteiger partial charge < -0.3 is 14.6 Å². The summed E-state index contributed by atoms with van der Waals surface area (Å²) in [6, 6.07) is 10.1. The Balaban J connectivity index is 1.82. The molecular formula is C16H22O3. The van der Waals surface area contributed by atoms with Crippen LogP contribution in [0.1, 0.15) is 26.3 Å². The number of ether oxygens (including phenoxy) is 2. The molecule has 104 valence electrons. The Morgan fingerprint density at radius 2 is 2.00 bits per heavy atom. The van der Waals surface area contributed by atoms with E-state index in [1.165, 1.54) is 0 Å². The van der Waals surface area contributed by atoms with Crippen molar-refractivity contribution >= 4 is 0 Å². The molecule has 1 aliphatic rings. The van der Waals surface area contributed by atoms with Crippen LogP contribution in [-0.4, -0.2) is 29.0 Å². The molecule has 1 aromatic carbocycles. The summed E-state index contributed by atoms with van der Waals surface area (Å²) in [6.07, 6.45) is 3.60. The average molecular weight is 262 g/mol. The van der Waals surface area contributed by atoms with Crippen LogP contribution in [0.25, 0.3) is 0 Å². The lowest BCUT2D eigenvalue weighted by molar-refractivity contribution is -0.127. The van der Waals surface area contributed by atoms with Crippen LogP contribution in [-0.2, 0) is 16.1 Å². The summed E-state index contributed by atoms with van der Waals surface area (Å²) in [5.74, 6) is 0. The molecule has 2 atom stereocenters. The van der Waals surface area contributed by atoms with Crippen molar-refractivity contribution in [2.24, 2.45) is 0 Å². The van der Waals surface area contributed by atoms with Crippen LogP contribution in [0.4, 0.5) is 0 Å². The molecule has 0 saturated heterocycles. The van der Waals surface area contributed by atoms with Crippen molar-refractivity contribution in [2.75, 3.05) is 6.61 Å². The van der Waals surface area contributed by atoms with Gasteiger partial charge in [-0.3, -0.25) is 0 Å². The van der Waals surface area contributed by atoms with Crippen molar-refractivity contribution in [2.45, 2.75) is 44.7 Å². The van der Waals surface area contributed by atoms with E-state index in [1.54, 1.807) is 13.8 Å². The Morgan fingerprint density at radius 1 is 1.32 bits per heavy atom. The largest absolute Gasteiger partial charge is 0.387 e. The number of hydrogen-bond donors (Lipinski definition) is 1. The first-order valence-corrected chi connectivity index (χ1v) is 6.60. The second-order valence-corrected chi connectivity index (χ2v) is 5.84. The van der Waals surface area contributed by atoms with E-state index >= 15 is 0 Å². The Bertz CT molecular complexity index is 433. The molecule has 0 aromatic heterocycles. The second-order valence-electron chi connectivity index (χ2n) is 5.84. The van der Waals surface area contributed by atoms with Crippen LogP contribution in [0.3, 0.4) is 0 Å². The monoisotopic (exact) mass is 262 g/mol. The van der Waals surface area contributed by atoms with Crippen LogP contribution in [0.5, 0.6) is 0 Å². The standard InChI is InChI=1S/C16H22O3/c1-15(2,17)14-9-10-16(3,19-14)12-18-11-13-7-5-4-6-8-13/h4-10,14,17H,11-12H2,1-3H3/t14-,16+/m1/s1. The molecule has 0 fully saturated rings. The third-order valence-corrected chi connectivity index (χ3v) is 3.22. The normalized spacial score (nSPS) is 26.8. The predicted molar refractivity (Wildman–Crippen MR) is 74.8 cm³/mol. The molecular weight excluding hydrogens is 240 g/mol. The maximum atomic E-state index is 9.94. The van der Waals surface area contributed by atoms with Gasteiger partial charge in [0.1, 0.15) is 11.7 Å². The van der Waals surface area contributed by atoms with Gasteiger partial charge in [-0.1, -0.05) is 42.5 Å². The Kier molecular flexibility index (Phi) is 4.09. The summed E-state index contributed by atoms with van der Waals surface area (Å²) < 4.78 is 11.6. The summed E-state index contributed by atoms with van der Waals surface area (Å²) in [5.41, 5.74) is -0.181. The third kappa shape index (κ3) is 3.90. The molecule has 0 bridgehead atoms. The fourth-order valence-corrected chi connectivity index (χ4v) is 2.07. The quantitative estimate of drug-likeness (QED) is 0.829. The number of hydrogen-bond acceptors (Lipinski definition) is 3. The molecule has 1 aliphatic heterocycles. The lowest BCUT2D eigenvalue weighted by Gasteiger charge is -2.30. The molecule has 0 unspecified atom stereocenters. The van der Waals surface area contributed by atoms with Gasteiger partial charge in [-0.25, -0.2) is 0 Å². The molecule has 1 N–H and O–H groups in total. The molecule has 0 radical (unpaired) electrons. The molecule has 1 heterocycles. The van der Waals surface area contributed by atoms with Crippen molar-refractivity contribution in [1.29, 1.82) is 0 Å². The van der Waals surface area contributed by atoms with E-state index in [2.05, 4.69) is 0 Å². The summed E-state index contributed by atoms with van der Waals surface area (Å²) in [5, 5.41) is 9.94. The van der Waals surface area contributed by atoms with Crippen molar-refractivity contribution < 1.29 is 14.6 Å². The van der Waals surface area contributed by atoms with E-state index in [9.17, 15) is 5.11 Å². The molecule has 0 saturated carbocycles. The van der Waals surface area contributed by atoms with E-state index in [1.807, 2.05) is 49.4 Å². The Morgan fingerprint density at radius 3 is 2.58 bits per heavy atom. The van der Waals surface area contributed by atoms with Gasteiger partial charge in [0.2, 0.25) is 0 Å². The first-order valence-electron chi connectivity index (χ1n) is 6.60.